The van der Waals surface area contributed by atoms with Crippen molar-refractivity contribution in [2.45, 2.75) is 51.6 Å². The smallest absolute Gasteiger partial charge is 0.243 e. The molecule has 2 amide bonds. The Labute approximate surface area is 252 Å². The zero-order valence-corrected chi connectivity index (χ0v) is 25.6. The van der Waals surface area contributed by atoms with Gasteiger partial charge in [0.15, 0.2) is 11.6 Å². The van der Waals surface area contributed by atoms with Gasteiger partial charge in [-0.2, -0.15) is 0 Å². The molecule has 0 saturated carbocycles. The Kier molecular flexibility index (Phi) is 12.5. The van der Waals surface area contributed by atoms with Crippen LogP contribution >= 0.6 is 0 Å². The lowest BCUT2D eigenvalue weighted by molar-refractivity contribution is -0.141. The van der Waals surface area contributed by atoms with Crippen molar-refractivity contribution in [3.63, 3.8) is 0 Å². The Morgan fingerprint density at radius 2 is 1.65 bits per heavy atom. The Morgan fingerprint density at radius 1 is 0.930 bits per heavy atom. The number of anilines is 1. The molecule has 0 spiro atoms. The highest BCUT2D eigenvalue weighted by Crippen LogP contribution is 2.23. The molecule has 0 fully saturated rings. The lowest BCUT2D eigenvalue weighted by atomic mass is 10.0. The zero-order chi connectivity index (χ0) is 31.4. The Hall–Kier alpha value is -3.99. The van der Waals surface area contributed by atoms with Crippen LogP contribution in [0.5, 0.6) is 5.75 Å². The highest BCUT2D eigenvalue weighted by molar-refractivity contribution is 7.92. The summed E-state index contributed by atoms with van der Waals surface area (Å²) in [5.74, 6) is -2.31. The number of amides is 2. The third-order valence-corrected chi connectivity index (χ3v) is 8.13. The molecule has 11 heteroatoms. The first-order valence-corrected chi connectivity index (χ1v) is 16.0. The average molecular weight is 616 g/mol. The van der Waals surface area contributed by atoms with Crippen LogP contribution in [0.15, 0.2) is 72.8 Å². The van der Waals surface area contributed by atoms with Crippen molar-refractivity contribution in [3.05, 3.63) is 95.6 Å². The molecule has 43 heavy (non-hydrogen) atoms. The average Bonchev–Trinajstić information content (AvgIpc) is 2.98. The number of benzene rings is 3. The summed E-state index contributed by atoms with van der Waals surface area (Å²) in [4.78, 5) is 28.9. The second kappa shape index (κ2) is 16.0. The largest absolute Gasteiger partial charge is 0.497 e. The van der Waals surface area contributed by atoms with Crippen molar-refractivity contribution in [1.29, 1.82) is 0 Å². The number of halogens is 2. The van der Waals surface area contributed by atoms with E-state index in [0.717, 1.165) is 46.7 Å². The summed E-state index contributed by atoms with van der Waals surface area (Å²) in [5, 5.41) is 2.96. The summed E-state index contributed by atoms with van der Waals surface area (Å²) in [6, 6.07) is 18.6. The van der Waals surface area contributed by atoms with Crippen LogP contribution in [0.3, 0.4) is 0 Å². The predicted molar refractivity (Wildman–Crippen MR) is 163 cm³/mol. The number of carbonyl (C=O) groups excluding carboxylic acids is 2. The fraction of sp³-hybridized carbons (Fsp3) is 0.375. The predicted octanol–water partition coefficient (Wildman–Crippen LogP) is 5.08. The second-order valence-corrected chi connectivity index (χ2v) is 12.2. The van der Waals surface area contributed by atoms with Crippen LogP contribution in [0, 0.1) is 11.6 Å². The van der Waals surface area contributed by atoms with Gasteiger partial charge in [-0.25, -0.2) is 17.2 Å². The van der Waals surface area contributed by atoms with E-state index in [1.54, 1.807) is 25.3 Å². The van der Waals surface area contributed by atoms with Gasteiger partial charge in [-0.15, -0.1) is 0 Å². The van der Waals surface area contributed by atoms with Crippen molar-refractivity contribution >= 4 is 27.5 Å². The van der Waals surface area contributed by atoms with Gasteiger partial charge in [0.2, 0.25) is 21.8 Å². The van der Waals surface area contributed by atoms with Crippen LogP contribution in [0.2, 0.25) is 0 Å². The Bertz CT molecular complexity index is 1470. The summed E-state index contributed by atoms with van der Waals surface area (Å²) in [5.41, 5.74) is 1.59. The van der Waals surface area contributed by atoms with Gasteiger partial charge in [0, 0.05) is 38.5 Å². The van der Waals surface area contributed by atoms with Crippen LogP contribution in [0.1, 0.15) is 43.7 Å². The molecule has 1 atom stereocenters. The van der Waals surface area contributed by atoms with E-state index >= 15 is 0 Å². The molecule has 3 aromatic rings. The van der Waals surface area contributed by atoms with E-state index in [2.05, 4.69) is 5.32 Å². The van der Waals surface area contributed by atoms with Crippen LogP contribution in [-0.2, 0) is 32.6 Å². The van der Waals surface area contributed by atoms with Crippen molar-refractivity contribution in [3.8, 4) is 5.75 Å². The number of hydrogen-bond donors (Lipinski definition) is 1. The number of ether oxygens (including phenoxy) is 1. The Balaban J connectivity index is 1.89. The van der Waals surface area contributed by atoms with Crippen LogP contribution in [0.4, 0.5) is 14.5 Å². The quantitative estimate of drug-likeness (QED) is 0.227. The Morgan fingerprint density at radius 3 is 2.30 bits per heavy atom. The summed E-state index contributed by atoms with van der Waals surface area (Å²) < 4.78 is 58.7. The molecule has 0 bridgehead atoms. The van der Waals surface area contributed by atoms with E-state index in [4.69, 9.17) is 4.74 Å². The number of carbonyl (C=O) groups is 2. The first kappa shape index (κ1) is 33.5. The molecule has 0 saturated heterocycles. The van der Waals surface area contributed by atoms with E-state index in [1.165, 1.54) is 11.0 Å². The van der Waals surface area contributed by atoms with Gasteiger partial charge in [-0.05, 0) is 48.2 Å². The third-order valence-electron chi connectivity index (χ3n) is 6.93. The fourth-order valence-electron chi connectivity index (χ4n) is 4.67. The van der Waals surface area contributed by atoms with Gasteiger partial charge < -0.3 is 15.0 Å². The number of nitrogens with one attached hydrogen (secondary N) is 1. The number of sulfonamides is 1. The molecule has 3 aromatic carbocycles. The van der Waals surface area contributed by atoms with E-state index in [9.17, 15) is 26.8 Å². The summed E-state index contributed by atoms with van der Waals surface area (Å²) >= 11 is 0. The monoisotopic (exact) mass is 615 g/mol. The minimum absolute atomic E-state index is 0.0423. The number of unbranched alkanes of at least 4 members (excludes halogenated alkanes) is 1. The lowest BCUT2D eigenvalue weighted by Crippen LogP contribution is -2.50. The van der Waals surface area contributed by atoms with Gasteiger partial charge in [0.05, 0.1) is 19.1 Å². The summed E-state index contributed by atoms with van der Waals surface area (Å²) in [6.45, 7) is 2.47. The minimum atomic E-state index is -3.86. The van der Waals surface area contributed by atoms with E-state index < -0.39 is 27.7 Å². The number of nitrogens with zero attached hydrogens (tertiary/aromatic N) is 2. The fourth-order valence-corrected chi connectivity index (χ4v) is 5.63. The second-order valence-electron chi connectivity index (χ2n) is 10.3. The maximum absolute atomic E-state index is 13.9. The summed E-state index contributed by atoms with van der Waals surface area (Å²) in [6.07, 6.45) is 2.91. The van der Waals surface area contributed by atoms with Crippen molar-refractivity contribution in [2.24, 2.45) is 0 Å². The molecular weight excluding hydrogens is 576 g/mol. The van der Waals surface area contributed by atoms with Crippen molar-refractivity contribution in [2.75, 3.05) is 30.8 Å². The zero-order valence-electron chi connectivity index (χ0n) is 24.8. The van der Waals surface area contributed by atoms with Crippen molar-refractivity contribution in [1.82, 2.24) is 10.2 Å². The molecule has 0 heterocycles. The number of rotatable bonds is 16. The molecule has 0 aliphatic rings. The number of hydrogen-bond acceptors (Lipinski definition) is 5. The van der Waals surface area contributed by atoms with Crippen molar-refractivity contribution < 1.29 is 31.5 Å². The van der Waals surface area contributed by atoms with E-state index in [0.29, 0.717) is 12.3 Å². The molecule has 0 aromatic heterocycles. The normalized spacial score (nSPS) is 11.9. The van der Waals surface area contributed by atoms with E-state index in [1.807, 2.05) is 43.3 Å². The SMILES string of the molecule is CCCCNC(=O)C(Cc1ccccc1)N(Cc1cccc(OC)c1)C(=O)CCCN(c1ccc(F)c(F)c1)S(C)(=O)=O. The third kappa shape index (κ3) is 10.1. The maximum atomic E-state index is 13.9. The van der Waals surface area contributed by atoms with E-state index in [-0.39, 0.29) is 49.9 Å². The highest BCUT2D eigenvalue weighted by Gasteiger charge is 2.30. The molecule has 3 rings (SSSR count). The maximum Gasteiger partial charge on any atom is 0.243 e. The standard InChI is InChI=1S/C32H39F2N3O5S/c1-4-5-18-35-32(39)30(21-24-11-7-6-8-12-24)36(23-25-13-9-14-27(20-25)42-2)31(38)15-10-19-37(43(3,40)41)26-16-17-28(33)29(34)22-26/h6-9,11-14,16-17,20,22,30H,4-5,10,15,18-19,21,23H2,1-3H3,(H,35,39). The molecule has 1 unspecified atom stereocenters. The first-order chi connectivity index (χ1) is 20.5. The lowest BCUT2D eigenvalue weighted by Gasteiger charge is -2.32. The first-order valence-electron chi connectivity index (χ1n) is 14.2. The molecule has 0 radical (unpaired) electrons. The molecule has 8 nitrogen and oxygen atoms in total. The molecule has 0 aliphatic heterocycles. The number of methoxy groups -OCH3 is 1. The van der Waals surface area contributed by atoms with Crippen LogP contribution < -0.4 is 14.4 Å². The van der Waals surface area contributed by atoms with Gasteiger partial charge in [-0.1, -0.05) is 55.8 Å². The highest BCUT2D eigenvalue weighted by atomic mass is 32.2. The van der Waals surface area contributed by atoms with Crippen LogP contribution in [0.25, 0.3) is 0 Å². The molecular formula is C32H39F2N3O5S. The van der Waals surface area contributed by atoms with Crippen LogP contribution in [-0.4, -0.2) is 57.6 Å². The van der Waals surface area contributed by atoms with Gasteiger partial charge >= 0.3 is 0 Å². The molecule has 232 valence electrons. The topological polar surface area (TPSA) is 96.0 Å². The molecule has 1 N–H and O–H groups in total. The summed E-state index contributed by atoms with van der Waals surface area (Å²) in [7, 11) is -2.32. The van der Waals surface area contributed by atoms with Gasteiger partial charge in [-0.3, -0.25) is 13.9 Å². The molecule has 0 aliphatic carbocycles. The van der Waals surface area contributed by atoms with Gasteiger partial charge in [0.1, 0.15) is 11.8 Å². The van der Waals surface area contributed by atoms with Gasteiger partial charge in [0.25, 0.3) is 0 Å². The minimum Gasteiger partial charge on any atom is -0.497 e.